The highest BCUT2D eigenvalue weighted by Crippen LogP contribution is 2.45. The first kappa shape index (κ1) is 13.0. The fourth-order valence-electron chi connectivity index (χ4n) is 3.86. The van der Waals surface area contributed by atoms with Gasteiger partial charge in [0.05, 0.1) is 0 Å². The summed E-state index contributed by atoms with van der Waals surface area (Å²) in [6, 6.07) is 7.07. The number of nitrogens with one attached hydrogen (secondary N) is 1. The molecule has 1 N–H and O–H groups in total. The van der Waals surface area contributed by atoms with Crippen LogP contribution in [0.25, 0.3) is 0 Å². The van der Waals surface area contributed by atoms with E-state index in [1.165, 1.54) is 30.5 Å². The molecule has 19 heavy (non-hydrogen) atoms. The smallest absolute Gasteiger partial charge is 0.0376 e. The lowest BCUT2D eigenvalue weighted by molar-refractivity contribution is 0.441. The van der Waals surface area contributed by atoms with Crippen LogP contribution < -0.4 is 5.32 Å². The summed E-state index contributed by atoms with van der Waals surface area (Å²) in [5, 5.41) is 3.62. The predicted octanol–water partition coefficient (Wildman–Crippen LogP) is 4.93. The van der Waals surface area contributed by atoms with Crippen LogP contribution in [0, 0.1) is 11.8 Å². The number of fused-ring (bicyclic) bond motifs is 1. The summed E-state index contributed by atoms with van der Waals surface area (Å²) >= 11 is 0. The second-order valence-electron chi connectivity index (χ2n) is 7.72. The molecular weight excluding hydrogens is 230 g/mol. The Hall–Kier alpha value is -0.980. The summed E-state index contributed by atoms with van der Waals surface area (Å²) in [6.45, 7) is 10.5. The Kier molecular flexibility index (Phi) is 3.11. The van der Waals surface area contributed by atoms with Crippen molar-refractivity contribution in [2.45, 2.75) is 58.3 Å². The van der Waals surface area contributed by atoms with Crippen molar-refractivity contribution in [3.63, 3.8) is 0 Å². The molecule has 1 aliphatic heterocycles. The van der Waals surface area contributed by atoms with Crippen LogP contribution in [0.4, 0.5) is 5.69 Å². The average molecular weight is 257 g/mol. The number of anilines is 1. The summed E-state index contributed by atoms with van der Waals surface area (Å²) in [7, 11) is 0. The van der Waals surface area contributed by atoms with E-state index in [0.29, 0.717) is 0 Å². The molecule has 1 heteroatoms. The van der Waals surface area contributed by atoms with E-state index in [9.17, 15) is 0 Å². The maximum absolute atomic E-state index is 3.62. The lowest BCUT2D eigenvalue weighted by atomic mass is 9.81. The molecule has 104 valence electrons. The van der Waals surface area contributed by atoms with E-state index in [1.807, 2.05) is 0 Å². The maximum atomic E-state index is 3.62. The van der Waals surface area contributed by atoms with Crippen molar-refractivity contribution in [1.82, 2.24) is 0 Å². The first-order valence-corrected chi connectivity index (χ1v) is 7.83. The highest BCUT2D eigenvalue weighted by atomic mass is 14.9. The van der Waals surface area contributed by atoms with Gasteiger partial charge in [0.15, 0.2) is 0 Å². The zero-order chi connectivity index (χ0) is 13.6. The lowest BCUT2D eigenvalue weighted by Crippen LogP contribution is -2.14. The van der Waals surface area contributed by atoms with E-state index in [2.05, 4.69) is 51.2 Å². The molecule has 0 amide bonds. The van der Waals surface area contributed by atoms with Crippen molar-refractivity contribution in [3.8, 4) is 0 Å². The molecule has 0 saturated heterocycles. The molecule has 1 nitrogen and oxygen atoms in total. The topological polar surface area (TPSA) is 12.0 Å². The van der Waals surface area contributed by atoms with Crippen LogP contribution in [0.3, 0.4) is 0 Å². The van der Waals surface area contributed by atoms with Gasteiger partial charge in [-0.25, -0.2) is 0 Å². The lowest BCUT2D eigenvalue weighted by Gasteiger charge is -2.23. The van der Waals surface area contributed by atoms with Crippen molar-refractivity contribution < 1.29 is 0 Å². The Bertz CT molecular complexity index is 469. The minimum absolute atomic E-state index is 0.255. The molecule has 2 aliphatic rings. The van der Waals surface area contributed by atoms with E-state index in [-0.39, 0.29) is 5.41 Å². The van der Waals surface area contributed by atoms with E-state index >= 15 is 0 Å². The molecule has 3 atom stereocenters. The number of benzene rings is 1. The van der Waals surface area contributed by atoms with Gasteiger partial charge in [-0.15, -0.1) is 0 Å². The normalized spacial score (nSPS) is 30.2. The fraction of sp³-hybridized carbons (Fsp3) is 0.667. The van der Waals surface area contributed by atoms with Crippen molar-refractivity contribution >= 4 is 5.69 Å². The Morgan fingerprint density at radius 2 is 1.95 bits per heavy atom. The quantitative estimate of drug-likeness (QED) is 0.752. The van der Waals surface area contributed by atoms with Crippen LogP contribution in [-0.4, -0.2) is 6.54 Å². The maximum Gasteiger partial charge on any atom is 0.0376 e. The van der Waals surface area contributed by atoms with E-state index in [1.54, 1.807) is 5.56 Å². The minimum Gasteiger partial charge on any atom is -0.384 e. The summed E-state index contributed by atoms with van der Waals surface area (Å²) in [6.07, 6.45) is 4.27. The SMILES string of the molecule is CC1CCC(C2CNc3ccc(C(C)(C)C)cc32)C1. The number of rotatable bonds is 1. The standard InChI is InChI=1S/C18H27N/c1-12-5-6-13(9-12)16-11-19-17-8-7-14(10-15(16)17)18(2,3)4/h7-8,10,12-13,16,19H,5-6,9,11H2,1-4H3. The van der Waals surface area contributed by atoms with E-state index < -0.39 is 0 Å². The molecule has 1 aromatic carbocycles. The van der Waals surface area contributed by atoms with Gasteiger partial charge < -0.3 is 5.32 Å². The van der Waals surface area contributed by atoms with Crippen LogP contribution in [0.15, 0.2) is 18.2 Å². The molecule has 3 rings (SSSR count). The van der Waals surface area contributed by atoms with Crippen LogP contribution in [0.1, 0.15) is 64.0 Å². The molecule has 0 aromatic heterocycles. The summed E-state index contributed by atoms with van der Waals surface area (Å²) in [4.78, 5) is 0. The number of hydrogen-bond acceptors (Lipinski definition) is 1. The van der Waals surface area contributed by atoms with Gasteiger partial charge in [-0.05, 0) is 47.3 Å². The highest BCUT2D eigenvalue weighted by Gasteiger charge is 2.34. The molecular formula is C18H27N. The monoisotopic (exact) mass is 257 g/mol. The van der Waals surface area contributed by atoms with Gasteiger partial charge in [0, 0.05) is 18.2 Å². The first-order valence-electron chi connectivity index (χ1n) is 7.83. The van der Waals surface area contributed by atoms with Crippen molar-refractivity contribution in [2.24, 2.45) is 11.8 Å². The third kappa shape index (κ3) is 2.40. The molecule has 0 bridgehead atoms. The Labute approximate surface area is 117 Å². The molecule has 1 fully saturated rings. The third-order valence-electron chi connectivity index (χ3n) is 5.13. The zero-order valence-electron chi connectivity index (χ0n) is 12.8. The Morgan fingerprint density at radius 1 is 1.16 bits per heavy atom. The molecule has 0 radical (unpaired) electrons. The minimum atomic E-state index is 0.255. The second-order valence-corrected chi connectivity index (χ2v) is 7.72. The van der Waals surface area contributed by atoms with Crippen LogP contribution in [0.5, 0.6) is 0 Å². The molecule has 3 unspecified atom stereocenters. The van der Waals surface area contributed by atoms with Gasteiger partial charge in [0.25, 0.3) is 0 Å². The largest absolute Gasteiger partial charge is 0.384 e. The summed E-state index contributed by atoms with van der Waals surface area (Å²) < 4.78 is 0. The average Bonchev–Trinajstić information content (AvgIpc) is 2.92. The van der Waals surface area contributed by atoms with Crippen LogP contribution >= 0.6 is 0 Å². The Morgan fingerprint density at radius 3 is 2.58 bits per heavy atom. The molecule has 0 spiro atoms. The van der Waals surface area contributed by atoms with Gasteiger partial charge in [-0.2, -0.15) is 0 Å². The summed E-state index contributed by atoms with van der Waals surface area (Å²) in [5.41, 5.74) is 4.71. The van der Waals surface area contributed by atoms with Gasteiger partial charge in [-0.3, -0.25) is 0 Å². The fourth-order valence-corrected chi connectivity index (χ4v) is 3.86. The molecule has 1 aromatic rings. The van der Waals surface area contributed by atoms with Crippen LogP contribution in [-0.2, 0) is 5.41 Å². The first-order chi connectivity index (χ1) is 8.95. The third-order valence-corrected chi connectivity index (χ3v) is 5.13. The second kappa shape index (κ2) is 4.54. The van der Waals surface area contributed by atoms with E-state index in [4.69, 9.17) is 0 Å². The predicted molar refractivity (Wildman–Crippen MR) is 82.9 cm³/mol. The molecule has 1 aliphatic carbocycles. The summed E-state index contributed by atoms with van der Waals surface area (Å²) in [5.74, 6) is 2.58. The molecule has 1 heterocycles. The zero-order valence-corrected chi connectivity index (χ0v) is 12.8. The number of hydrogen-bond donors (Lipinski definition) is 1. The van der Waals surface area contributed by atoms with Gasteiger partial charge in [0.2, 0.25) is 0 Å². The molecule has 1 saturated carbocycles. The van der Waals surface area contributed by atoms with Gasteiger partial charge in [0.1, 0.15) is 0 Å². The van der Waals surface area contributed by atoms with Crippen molar-refractivity contribution in [3.05, 3.63) is 29.3 Å². The highest BCUT2D eigenvalue weighted by molar-refractivity contribution is 5.59. The van der Waals surface area contributed by atoms with E-state index in [0.717, 1.165) is 24.3 Å². The Balaban J connectivity index is 1.90. The van der Waals surface area contributed by atoms with Crippen molar-refractivity contribution in [1.29, 1.82) is 0 Å². The van der Waals surface area contributed by atoms with Crippen molar-refractivity contribution in [2.75, 3.05) is 11.9 Å². The van der Waals surface area contributed by atoms with Gasteiger partial charge in [-0.1, -0.05) is 46.2 Å². The van der Waals surface area contributed by atoms with Gasteiger partial charge >= 0.3 is 0 Å². The van der Waals surface area contributed by atoms with Crippen LogP contribution in [0.2, 0.25) is 0 Å².